The zero-order valence-electron chi connectivity index (χ0n) is 15.2. The van der Waals surface area contributed by atoms with Gasteiger partial charge >= 0.3 is 0 Å². The number of hydrogen-bond acceptors (Lipinski definition) is 5. The highest BCUT2D eigenvalue weighted by atomic mass is 19.1. The minimum Gasteiger partial charge on any atom is -0.384 e. The molecule has 1 fully saturated rings. The van der Waals surface area contributed by atoms with Gasteiger partial charge in [0.1, 0.15) is 11.6 Å². The quantitative estimate of drug-likeness (QED) is 0.630. The third-order valence-corrected chi connectivity index (χ3v) is 4.68. The van der Waals surface area contributed by atoms with Gasteiger partial charge in [-0.2, -0.15) is 0 Å². The molecule has 3 rings (SSSR count). The Labute approximate surface area is 154 Å². The van der Waals surface area contributed by atoms with E-state index in [2.05, 4.69) is 21.7 Å². The summed E-state index contributed by atoms with van der Waals surface area (Å²) in [6.07, 6.45) is 1.01. The van der Waals surface area contributed by atoms with Crippen molar-refractivity contribution in [1.29, 1.82) is 0 Å². The normalized spacial score (nSPS) is 19.8. The van der Waals surface area contributed by atoms with E-state index < -0.39 is 0 Å². The first-order valence-corrected chi connectivity index (χ1v) is 9.11. The molecule has 1 aromatic carbocycles. The molecule has 0 saturated carbocycles. The number of anilines is 1. The number of pyridine rings is 1. The topological polar surface area (TPSA) is 72.2 Å². The summed E-state index contributed by atoms with van der Waals surface area (Å²) in [5.74, 6) is 0.780. The van der Waals surface area contributed by atoms with Crippen molar-refractivity contribution in [3.63, 3.8) is 0 Å². The molecule has 0 amide bonds. The summed E-state index contributed by atoms with van der Waals surface area (Å²) in [5.41, 5.74) is 8.67. The Balaban J connectivity index is 1.42. The SMILES string of the molecule is Cc1cc(N)nc(C[C@H]2CNC[C@H]2OCCNCc2ccccc2F)c1. The lowest BCUT2D eigenvalue weighted by Crippen LogP contribution is -2.29. The van der Waals surface area contributed by atoms with Gasteiger partial charge < -0.3 is 21.1 Å². The summed E-state index contributed by atoms with van der Waals surface area (Å²) >= 11 is 0. The largest absolute Gasteiger partial charge is 0.384 e. The van der Waals surface area contributed by atoms with Crippen molar-refractivity contribution in [2.24, 2.45) is 5.92 Å². The molecule has 26 heavy (non-hydrogen) atoms. The fraction of sp³-hybridized carbons (Fsp3) is 0.450. The number of nitrogen functional groups attached to an aromatic ring is 1. The van der Waals surface area contributed by atoms with Gasteiger partial charge in [0.05, 0.1) is 12.7 Å². The molecular weight excluding hydrogens is 331 g/mol. The average Bonchev–Trinajstić information content (AvgIpc) is 3.02. The van der Waals surface area contributed by atoms with Crippen molar-refractivity contribution >= 4 is 5.82 Å². The van der Waals surface area contributed by atoms with Gasteiger partial charge in [-0.3, -0.25) is 0 Å². The Morgan fingerprint density at radius 2 is 2.15 bits per heavy atom. The zero-order chi connectivity index (χ0) is 18.4. The Morgan fingerprint density at radius 1 is 1.31 bits per heavy atom. The van der Waals surface area contributed by atoms with Crippen molar-refractivity contribution in [3.05, 3.63) is 59.0 Å². The molecule has 0 unspecified atom stereocenters. The summed E-state index contributed by atoms with van der Waals surface area (Å²) in [7, 11) is 0. The minimum atomic E-state index is -0.175. The molecule has 0 spiro atoms. The van der Waals surface area contributed by atoms with Gasteiger partial charge in [0.25, 0.3) is 0 Å². The number of nitrogens with two attached hydrogens (primary N) is 1. The number of benzene rings is 1. The van der Waals surface area contributed by atoms with E-state index in [0.29, 0.717) is 37.0 Å². The molecule has 6 heteroatoms. The number of aryl methyl sites for hydroxylation is 1. The van der Waals surface area contributed by atoms with Gasteiger partial charge in [-0.25, -0.2) is 9.37 Å². The Hall–Kier alpha value is -2.02. The van der Waals surface area contributed by atoms with E-state index in [4.69, 9.17) is 10.5 Å². The number of halogens is 1. The molecule has 0 radical (unpaired) electrons. The Kier molecular flexibility index (Phi) is 6.55. The first-order chi connectivity index (χ1) is 12.6. The molecule has 2 aromatic rings. The first-order valence-electron chi connectivity index (χ1n) is 9.11. The van der Waals surface area contributed by atoms with Crippen LogP contribution in [0.3, 0.4) is 0 Å². The number of nitrogens with one attached hydrogen (secondary N) is 2. The van der Waals surface area contributed by atoms with Crippen LogP contribution in [0.5, 0.6) is 0 Å². The van der Waals surface area contributed by atoms with Crippen LogP contribution in [-0.2, 0) is 17.7 Å². The molecule has 4 N–H and O–H groups in total. The number of ether oxygens (including phenoxy) is 1. The maximum absolute atomic E-state index is 13.6. The standard InChI is InChI=1S/C20H27FN4O/c1-14-8-17(25-20(22)9-14)10-16-12-24-13-19(16)26-7-6-23-11-15-4-2-3-5-18(15)21/h2-5,8-9,16,19,23-24H,6-7,10-13H2,1H3,(H2,22,25)/t16-,19+/m0/s1. The Bertz CT molecular complexity index is 704. The molecule has 1 aromatic heterocycles. The number of hydrogen-bond donors (Lipinski definition) is 3. The number of rotatable bonds is 8. The lowest BCUT2D eigenvalue weighted by atomic mass is 9.99. The van der Waals surface area contributed by atoms with E-state index in [1.54, 1.807) is 12.1 Å². The van der Waals surface area contributed by atoms with E-state index in [9.17, 15) is 4.39 Å². The molecular formula is C20H27FN4O. The summed E-state index contributed by atoms with van der Waals surface area (Å²) in [6, 6.07) is 10.8. The third kappa shape index (κ3) is 5.24. The van der Waals surface area contributed by atoms with E-state index >= 15 is 0 Å². The number of aromatic nitrogens is 1. The molecule has 1 saturated heterocycles. The predicted molar refractivity (Wildman–Crippen MR) is 101 cm³/mol. The van der Waals surface area contributed by atoms with Gasteiger partial charge in [0, 0.05) is 43.4 Å². The van der Waals surface area contributed by atoms with E-state index in [0.717, 1.165) is 30.8 Å². The average molecular weight is 358 g/mol. The number of nitrogens with zero attached hydrogens (tertiary/aromatic N) is 1. The van der Waals surface area contributed by atoms with Gasteiger partial charge in [0.15, 0.2) is 0 Å². The maximum atomic E-state index is 13.6. The van der Waals surface area contributed by atoms with Crippen molar-refractivity contribution in [2.45, 2.75) is 26.0 Å². The molecule has 1 aliphatic heterocycles. The second kappa shape index (κ2) is 9.07. The van der Waals surface area contributed by atoms with Gasteiger partial charge in [0.2, 0.25) is 0 Å². The predicted octanol–water partition coefficient (Wildman–Crippen LogP) is 2.05. The Morgan fingerprint density at radius 3 is 2.96 bits per heavy atom. The van der Waals surface area contributed by atoms with Crippen molar-refractivity contribution in [1.82, 2.24) is 15.6 Å². The van der Waals surface area contributed by atoms with Crippen molar-refractivity contribution in [3.8, 4) is 0 Å². The van der Waals surface area contributed by atoms with Gasteiger partial charge in [-0.05, 0) is 37.1 Å². The summed E-state index contributed by atoms with van der Waals surface area (Å²) in [4.78, 5) is 4.43. The highest BCUT2D eigenvalue weighted by molar-refractivity contribution is 5.34. The summed E-state index contributed by atoms with van der Waals surface area (Å²) in [5, 5.41) is 6.62. The molecule has 140 valence electrons. The van der Waals surface area contributed by atoms with Gasteiger partial charge in [-0.1, -0.05) is 18.2 Å². The monoisotopic (exact) mass is 358 g/mol. The molecule has 2 atom stereocenters. The third-order valence-electron chi connectivity index (χ3n) is 4.68. The van der Waals surface area contributed by atoms with Crippen molar-refractivity contribution < 1.29 is 9.13 Å². The second-order valence-electron chi connectivity index (χ2n) is 6.86. The summed E-state index contributed by atoms with van der Waals surface area (Å²) in [6.45, 7) is 5.59. The molecule has 0 aliphatic carbocycles. The van der Waals surface area contributed by atoms with Crippen LogP contribution in [0.15, 0.2) is 36.4 Å². The minimum absolute atomic E-state index is 0.161. The fourth-order valence-electron chi connectivity index (χ4n) is 3.40. The van der Waals surface area contributed by atoms with Crippen LogP contribution in [0.1, 0.15) is 16.8 Å². The van der Waals surface area contributed by atoms with Crippen LogP contribution in [-0.4, -0.2) is 37.3 Å². The lowest BCUT2D eigenvalue weighted by molar-refractivity contribution is 0.0395. The lowest BCUT2D eigenvalue weighted by Gasteiger charge is -2.19. The highest BCUT2D eigenvalue weighted by Gasteiger charge is 2.28. The maximum Gasteiger partial charge on any atom is 0.127 e. The van der Waals surface area contributed by atoms with E-state index in [-0.39, 0.29) is 11.9 Å². The summed E-state index contributed by atoms with van der Waals surface area (Å²) < 4.78 is 19.6. The second-order valence-corrected chi connectivity index (χ2v) is 6.86. The van der Waals surface area contributed by atoms with Gasteiger partial charge in [-0.15, -0.1) is 0 Å². The highest BCUT2D eigenvalue weighted by Crippen LogP contribution is 2.19. The van der Waals surface area contributed by atoms with Crippen LogP contribution in [0.4, 0.5) is 10.2 Å². The molecule has 1 aliphatic rings. The van der Waals surface area contributed by atoms with Crippen LogP contribution >= 0.6 is 0 Å². The molecule has 2 heterocycles. The molecule has 0 bridgehead atoms. The fourth-order valence-corrected chi connectivity index (χ4v) is 3.40. The zero-order valence-corrected chi connectivity index (χ0v) is 15.2. The first kappa shape index (κ1) is 18.8. The van der Waals surface area contributed by atoms with E-state index in [1.807, 2.05) is 19.1 Å². The van der Waals surface area contributed by atoms with Crippen LogP contribution in [0, 0.1) is 18.7 Å². The van der Waals surface area contributed by atoms with E-state index in [1.165, 1.54) is 6.07 Å². The smallest absolute Gasteiger partial charge is 0.127 e. The van der Waals surface area contributed by atoms with Crippen LogP contribution in [0.2, 0.25) is 0 Å². The van der Waals surface area contributed by atoms with Crippen LogP contribution in [0.25, 0.3) is 0 Å². The van der Waals surface area contributed by atoms with Crippen molar-refractivity contribution in [2.75, 3.05) is 32.0 Å². The van der Waals surface area contributed by atoms with Crippen LogP contribution < -0.4 is 16.4 Å². The molecule has 5 nitrogen and oxygen atoms in total.